The van der Waals surface area contributed by atoms with Crippen molar-refractivity contribution in [3.63, 3.8) is 0 Å². The van der Waals surface area contributed by atoms with E-state index in [1.54, 1.807) is 30.2 Å². The van der Waals surface area contributed by atoms with Gasteiger partial charge in [-0.3, -0.25) is 9.59 Å². The van der Waals surface area contributed by atoms with Gasteiger partial charge in [0.15, 0.2) is 5.13 Å². The fourth-order valence-electron chi connectivity index (χ4n) is 3.30. The molecule has 0 radical (unpaired) electrons. The van der Waals surface area contributed by atoms with Crippen molar-refractivity contribution in [1.82, 2.24) is 4.98 Å². The van der Waals surface area contributed by atoms with E-state index in [9.17, 15) is 9.59 Å². The molecule has 0 saturated carbocycles. The molecule has 2 heterocycles. The molecule has 3 aromatic rings. The topological polar surface area (TPSA) is 71.5 Å². The highest BCUT2D eigenvalue weighted by Crippen LogP contribution is 2.33. The number of ether oxygens (including phenoxy) is 1. The number of carbonyl (C=O) groups excluding carboxylic acids is 2. The molecule has 1 aromatic heterocycles. The molecular weight excluding hydrogens is 410 g/mol. The molecule has 1 fully saturated rings. The lowest BCUT2D eigenvalue weighted by Crippen LogP contribution is -2.28. The maximum absolute atomic E-state index is 12.7. The van der Waals surface area contributed by atoms with Crippen molar-refractivity contribution in [2.45, 2.75) is 6.42 Å². The van der Waals surface area contributed by atoms with Crippen molar-refractivity contribution < 1.29 is 14.3 Å². The molecule has 1 unspecified atom stereocenters. The smallest absolute Gasteiger partial charge is 0.231 e. The lowest BCUT2D eigenvalue weighted by molar-refractivity contribution is -0.122. The van der Waals surface area contributed by atoms with Crippen LogP contribution in [0.2, 0.25) is 5.02 Å². The molecule has 1 atom stereocenters. The Hall–Kier alpha value is -2.90. The van der Waals surface area contributed by atoms with E-state index >= 15 is 0 Å². The Morgan fingerprint density at radius 1 is 1.28 bits per heavy atom. The van der Waals surface area contributed by atoms with Gasteiger partial charge in [0.2, 0.25) is 11.8 Å². The Bertz CT molecular complexity index is 1070. The van der Waals surface area contributed by atoms with E-state index in [2.05, 4.69) is 10.3 Å². The minimum atomic E-state index is -0.444. The third kappa shape index (κ3) is 4.11. The second-order valence-electron chi connectivity index (χ2n) is 6.61. The van der Waals surface area contributed by atoms with E-state index in [1.165, 1.54) is 11.3 Å². The van der Waals surface area contributed by atoms with E-state index in [4.69, 9.17) is 16.3 Å². The van der Waals surface area contributed by atoms with Crippen LogP contribution in [-0.2, 0) is 9.59 Å². The van der Waals surface area contributed by atoms with Crippen LogP contribution in [0.1, 0.15) is 6.42 Å². The van der Waals surface area contributed by atoms with Crippen LogP contribution in [0.5, 0.6) is 5.75 Å². The molecule has 0 bridgehead atoms. The van der Waals surface area contributed by atoms with Crippen LogP contribution in [0.4, 0.5) is 10.8 Å². The monoisotopic (exact) mass is 427 g/mol. The van der Waals surface area contributed by atoms with E-state index in [0.717, 1.165) is 11.3 Å². The number of nitrogens with zero attached hydrogens (tertiary/aromatic N) is 2. The van der Waals surface area contributed by atoms with Gasteiger partial charge in [-0.25, -0.2) is 4.98 Å². The first kappa shape index (κ1) is 19.4. The van der Waals surface area contributed by atoms with Crippen molar-refractivity contribution >= 4 is 45.6 Å². The van der Waals surface area contributed by atoms with Crippen molar-refractivity contribution in [2.75, 3.05) is 23.9 Å². The zero-order valence-electron chi connectivity index (χ0n) is 15.6. The Morgan fingerprint density at radius 2 is 2.10 bits per heavy atom. The number of anilines is 2. The lowest BCUT2D eigenvalue weighted by Gasteiger charge is -2.16. The molecule has 1 aliphatic heterocycles. The molecule has 148 valence electrons. The number of hydrogen-bond acceptors (Lipinski definition) is 5. The van der Waals surface area contributed by atoms with Gasteiger partial charge in [-0.2, -0.15) is 0 Å². The Kier molecular flexibility index (Phi) is 5.51. The molecule has 0 spiro atoms. The largest absolute Gasteiger partial charge is 0.496 e. The summed E-state index contributed by atoms with van der Waals surface area (Å²) in [4.78, 5) is 31.2. The summed E-state index contributed by atoms with van der Waals surface area (Å²) in [5.74, 6) is -0.0422. The average molecular weight is 428 g/mol. The first-order valence-corrected chi connectivity index (χ1v) is 10.3. The fourth-order valence-corrected chi connectivity index (χ4v) is 4.19. The normalized spacial score (nSPS) is 16.1. The van der Waals surface area contributed by atoms with Gasteiger partial charge in [0.25, 0.3) is 0 Å². The van der Waals surface area contributed by atoms with Crippen LogP contribution in [-0.4, -0.2) is 30.5 Å². The summed E-state index contributed by atoms with van der Waals surface area (Å²) in [5, 5.41) is 5.75. The maximum atomic E-state index is 12.7. The third-order valence-corrected chi connectivity index (χ3v) is 5.73. The van der Waals surface area contributed by atoms with Crippen LogP contribution in [0.3, 0.4) is 0 Å². The van der Waals surface area contributed by atoms with Gasteiger partial charge in [-0.1, -0.05) is 29.8 Å². The molecular formula is C21H18ClN3O3S. The van der Waals surface area contributed by atoms with Gasteiger partial charge < -0.3 is 15.0 Å². The van der Waals surface area contributed by atoms with E-state index in [1.807, 2.05) is 35.7 Å². The fraction of sp³-hybridized carbons (Fsp3) is 0.190. The molecule has 2 amide bonds. The van der Waals surface area contributed by atoms with Crippen molar-refractivity contribution in [3.8, 4) is 17.0 Å². The minimum absolute atomic E-state index is 0.0960. The number of amides is 2. The predicted molar refractivity (Wildman–Crippen MR) is 115 cm³/mol. The summed E-state index contributed by atoms with van der Waals surface area (Å²) >= 11 is 7.35. The van der Waals surface area contributed by atoms with Crippen LogP contribution >= 0.6 is 22.9 Å². The van der Waals surface area contributed by atoms with Crippen molar-refractivity contribution in [1.29, 1.82) is 0 Å². The zero-order chi connectivity index (χ0) is 20.4. The van der Waals surface area contributed by atoms with Crippen LogP contribution in [0, 0.1) is 5.92 Å². The number of nitrogens with one attached hydrogen (secondary N) is 1. The van der Waals surface area contributed by atoms with Gasteiger partial charge in [-0.15, -0.1) is 11.3 Å². The number of hydrogen-bond donors (Lipinski definition) is 1. The summed E-state index contributed by atoms with van der Waals surface area (Å²) in [6.45, 7) is 0.315. The number of halogens is 1. The number of para-hydroxylation sites is 1. The predicted octanol–water partition coefficient (Wildman–Crippen LogP) is 4.46. The Morgan fingerprint density at radius 3 is 2.90 bits per heavy atom. The zero-order valence-corrected chi connectivity index (χ0v) is 17.2. The number of carbonyl (C=O) groups is 2. The van der Waals surface area contributed by atoms with Gasteiger partial charge in [0.1, 0.15) is 5.75 Å². The maximum Gasteiger partial charge on any atom is 0.231 e. The van der Waals surface area contributed by atoms with Gasteiger partial charge in [0, 0.05) is 34.6 Å². The molecule has 0 aliphatic carbocycles. The quantitative estimate of drug-likeness (QED) is 0.652. The summed E-state index contributed by atoms with van der Waals surface area (Å²) in [6, 6.07) is 14.6. The molecule has 2 aromatic carbocycles. The molecule has 8 heteroatoms. The highest BCUT2D eigenvalue weighted by molar-refractivity contribution is 7.14. The summed E-state index contributed by atoms with van der Waals surface area (Å²) in [7, 11) is 1.61. The third-order valence-electron chi connectivity index (χ3n) is 4.73. The van der Waals surface area contributed by atoms with Crippen LogP contribution in [0.25, 0.3) is 11.3 Å². The number of methoxy groups -OCH3 is 1. The summed E-state index contributed by atoms with van der Waals surface area (Å²) < 4.78 is 5.37. The SMILES string of the molecule is COc1ccccc1-c1csc(NC(=O)C2CC(=O)N(c3cccc(Cl)c3)C2)n1. The van der Waals surface area contributed by atoms with E-state index < -0.39 is 5.92 Å². The van der Waals surface area contributed by atoms with Crippen LogP contribution in [0.15, 0.2) is 53.9 Å². The Labute approximate surface area is 177 Å². The average Bonchev–Trinajstić information content (AvgIpc) is 3.34. The van der Waals surface area contributed by atoms with Gasteiger partial charge >= 0.3 is 0 Å². The second-order valence-corrected chi connectivity index (χ2v) is 7.91. The molecule has 29 heavy (non-hydrogen) atoms. The molecule has 4 rings (SSSR count). The lowest BCUT2D eigenvalue weighted by atomic mass is 10.1. The standard InChI is InChI=1S/C21H18ClN3O3S/c1-28-18-8-3-2-7-16(18)17-12-29-21(23-17)24-20(27)13-9-19(26)25(11-13)15-6-4-5-14(22)10-15/h2-8,10,12-13H,9,11H2,1H3,(H,23,24,27). The highest BCUT2D eigenvalue weighted by Gasteiger charge is 2.35. The first-order valence-electron chi connectivity index (χ1n) is 9.01. The summed E-state index contributed by atoms with van der Waals surface area (Å²) in [5.41, 5.74) is 2.28. The van der Waals surface area contributed by atoms with Gasteiger partial charge in [-0.05, 0) is 30.3 Å². The van der Waals surface area contributed by atoms with E-state index in [-0.39, 0.29) is 18.2 Å². The molecule has 1 saturated heterocycles. The minimum Gasteiger partial charge on any atom is -0.496 e. The Balaban J connectivity index is 1.45. The first-order chi connectivity index (χ1) is 14.0. The number of thiazole rings is 1. The molecule has 1 aliphatic rings. The number of benzene rings is 2. The number of rotatable bonds is 5. The highest BCUT2D eigenvalue weighted by atomic mass is 35.5. The van der Waals surface area contributed by atoms with Crippen molar-refractivity contribution in [3.05, 3.63) is 58.9 Å². The molecule has 1 N–H and O–H groups in total. The molecule has 6 nitrogen and oxygen atoms in total. The summed E-state index contributed by atoms with van der Waals surface area (Å²) in [6.07, 6.45) is 0.156. The number of aromatic nitrogens is 1. The van der Waals surface area contributed by atoms with Crippen LogP contribution < -0.4 is 15.0 Å². The van der Waals surface area contributed by atoms with E-state index in [0.29, 0.717) is 28.1 Å². The van der Waals surface area contributed by atoms with Crippen molar-refractivity contribution in [2.24, 2.45) is 5.92 Å². The second kappa shape index (κ2) is 8.23. The van der Waals surface area contributed by atoms with Gasteiger partial charge in [0.05, 0.1) is 18.7 Å².